The first kappa shape index (κ1) is 18.2. The van der Waals surface area contributed by atoms with Crippen molar-refractivity contribution in [2.75, 3.05) is 0 Å². The second-order valence-corrected chi connectivity index (χ2v) is 10.5. The van der Waals surface area contributed by atoms with E-state index in [0.717, 1.165) is 44.4 Å². The van der Waals surface area contributed by atoms with E-state index in [1.54, 1.807) is 0 Å². The van der Waals surface area contributed by atoms with E-state index >= 15 is 0 Å². The molecule has 3 saturated carbocycles. The molecule has 9 atom stereocenters. The number of ether oxygens (including phenoxy) is 2. The summed E-state index contributed by atoms with van der Waals surface area (Å²) < 4.78 is 11.7. The van der Waals surface area contributed by atoms with Gasteiger partial charge >= 0.3 is 5.97 Å². The summed E-state index contributed by atoms with van der Waals surface area (Å²) in [6.45, 7) is 8.31. The molecule has 5 rings (SSSR count). The number of allylic oxidation sites excluding steroid dienone is 1. The van der Waals surface area contributed by atoms with Gasteiger partial charge in [-0.3, -0.25) is 4.79 Å². The van der Waals surface area contributed by atoms with Crippen molar-refractivity contribution in [3.63, 3.8) is 0 Å². The predicted octanol–water partition coefficient (Wildman–Crippen LogP) is 4.01. The van der Waals surface area contributed by atoms with E-state index in [1.165, 1.54) is 18.9 Å². The van der Waals surface area contributed by atoms with Gasteiger partial charge in [0, 0.05) is 18.8 Å². The Kier molecular flexibility index (Phi) is 3.77. The van der Waals surface area contributed by atoms with Crippen molar-refractivity contribution in [2.24, 2.45) is 28.6 Å². The molecular formula is C23H34O4. The maximum absolute atomic E-state index is 11.4. The van der Waals surface area contributed by atoms with Gasteiger partial charge in [-0.25, -0.2) is 0 Å². The Bertz CT molecular complexity index is 698. The minimum absolute atomic E-state index is 0.0678. The molecular weight excluding hydrogens is 340 g/mol. The van der Waals surface area contributed by atoms with Gasteiger partial charge in [0.05, 0.1) is 12.2 Å². The Balaban J connectivity index is 1.42. The van der Waals surface area contributed by atoms with Gasteiger partial charge in [0.15, 0.2) is 0 Å². The van der Waals surface area contributed by atoms with E-state index in [9.17, 15) is 9.90 Å². The average molecular weight is 375 g/mol. The zero-order valence-corrected chi connectivity index (χ0v) is 17.2. The zero-order chi connectivity index (χ0) is 19.2. The molecule has 1 saturated heterocycles. The topological polar surface area (TPSA) is 59.1 Å². The summed E-state index contributed by atoms with van der Waals surface area (Å²) in [4.78, 5) is 11.4. The number of fused-ring (bicyclic) bond motifs is 7. The van der Waals surface area contributed by atoms with Crippen LogP contribution in [0.1, 0.15) is 72.6 Å². The number of aliphatic hydroxyl groups excluding tert-OH is 1. The largest absolute Gasteiger partial charge is 0.462 e. The Morgan fingerprint density at radius 1 is 1.30 bits per heavy atom. The molecule has 0 bridgehead atoms. The lowest BCUT2D eigenvalue weighted by Crippen LogP contribution is -2.55. The molecule has 5 aliphatic rings. The second kappa shape index (κ2) is 5.60. The van der Waals surface area contributed by atoms with Gasteiger partial charge in [-0.1, -0.05) is 25.5 Å². The van der Waals surface area contributed by atoms with E-state index < -0.39 is 0 Å². The monoisotopic (exact) mass is 374 g/mol. The predicted molar refractivity (Wildman–Crippen MR) is 102 cm³/mol. The van der Waals surface area contributed by atoms with Crippen molar-refractivity contribution >= 4 is 5.97 Å². The highest BCUT2D eigenvalue weighted by Crippen LogP contribution is 2.73. The van der Waals surface area contributed by atoms with Crippen molar-refractivity contribution in [1.29, 1.82) is 0 Å². The molecule has 1 heterocycles. The van der Waals surface area contributed by atoms with Crippen LogP contribution in [0.25, 0.3) is 0 Å². The highest BCUT2D eigenvalue weighted by atomic mass is 16.6. The van der Waals surface area contributed by atoms with Gasteiger partial charge in [0.1, 0.15) is 11.7 Å². The third kappa shape index (κ3) is 2.20. The van der Waals surface area contributed by atoms with Gasteiger partial charge in [0.25, 0.3) is 0 Å². The lowest BCUT2D eigenvalue weighted by atomic mass is 9.47. The third-order valence-electron chi connectivity index (χ3n) is 9.52. The van der Waals surface area contributed by atoms with Crippen LogP contribution >= 0.6 is 0 Å². The number of epoxide rings is 1. The van der Waals surface area contributed by atoms with E-state index in [0.29, 0.717) is 11.8 Å². The number of aliphatic hydroxyl groups is 1. The second-order valence-electron chi connectivity index (χ2n) is 10.5. The third-order valence-corrected chi connectivity index (χ3v) is 9.52. The summed E-state index contributed by atoms with van der Waals surface area (Å²) in [5.74, 6) is 1.93. The van der Waals surface area contributed by atoms with Crippen molar-refractivity contribution in [3.8, 4) is 0 Å². The van der Waals surface area contributed by atoms with Crippen molar-refractivity contribution < 1.29 is 19.4 Å². The SMILES string of the molecule is CC(=O)O[C@H]1CC[C@@]2(C)C(=CC[C@@H]3[C@@H]2CC[C@@]2(C)[C@H]3C[C@H]3O[C@]32[C@@H](C)O)C1. The molecule has 0 aromatic carbocycles. The molecule has 4 fully saturated rings. The molecule has 0 amide bonds. The maximum atomic E-state index is 11.4. The Labute approximate surface area is 162 Å². The molecule has 1 N–H and O–H groups in total. The summed E-state index contributed by atoms with van der Waals surface area (Å²) in [6.07, 6.45) is 10.1. The number of esters is 1. The number of carbonyl (C=O) groups excluding carboxylic acids is 1. The first-order valence-corrected chi connectivity index (χ1v) is 10.9. The minimum Gasteiger partial charge on any atom is -0.462 e. The summed E-state index contributed by atoms with van der Waals surface area (Å²) in [5.41, 5.74) is 1.63. The van der Waals surface area contributed by atoms with E-state index in [-0.39, 0.29) is 40.7 Å². The summed E-state index contributed by atoms with van der Waals surface area (Å²) in [5, 5.41) is 10.5. The molecule has 4 aliphatic carbocycles. The molecule has 4 nitrogen and oxygen atoms in total. The van der Waals surface area contributed by atoms with Gasteiger partial charge < -0.3 is 14.6 Å². The van der Waals surface area contributed by atoms with Crippen LogP contribution in [-0.2, 0) is 14.3 Å². The lowest BCUT2D eigenvalue weighted by Gasteiger charge is -2.58. The first-order valence-electron chi connectivity index (χ1n) is 10.9. The summed E-state index contributed by atoms with van der Waals surface area (Å²) >= 11 is 0. The Hall–Kier alpha value is -0.870. The number of hydrogen-bond acceptors (Lipinski definition) is 4. The normalized spacial score (nSPS) is 54.0. The van der Waals surface area contributed by atoms with E-state index in [4.69, 9.17) is 9.47 Å². The molecule has 0 unspecified atom stereocenters. The van der Waals surface area contributed by atoms with Gasteiger partial charge in [-0.2, -0.15) is 0 Å². The molecule has 0 radical (unpaired) electrons. The summed E-state index contributed by atoms with van der Waals surface area (Å²) in [6, 6.07) is 0. The van der Waals surface area contributed by atoms with E-state index in [2.05, 4.69) is 19.9 Å². The number of hydrogen-bond donors (Lipinski definition) is 1. The van der Waals surface area contributed by atoms with Crippen LogP contribution < -0.4 is 0 Å². The average Bonchev–Trinajstić information content (AvgIpc) is 3.27. The Morgan fingerprint density at radius 3 is 2.78 bits per heavy atom. The van der Waals surface area contributed by atoms with Crippen LogP contribution in [0.4, 0.5) is 0 Å². The van der Waals surface area contributed by atoms with E-state index in [1.807, 2.05) is 6.92 Å². The van der Waals surface area contributed by atoms with Gasteiger partial charge in [0.2, 0.25) is 0 Å². The standard InChI is InChI=1S/C23H34O4/c1-13(24)23-20(27-23)12-19-17-6-5-15-11-16(26-14(2)25)7-9-21(15,3)18(17)8-10-22(19,23)4/h5,13,16-20,24H,6-12H2,1-4H3/t13-,16+,17-,18+,19+,20-,21+,22+,23-/m1/s1. The molecule has 0 aromatic heterocycles. The van der Waals surface area contributed by atoms with Crippen molar-refractivity contribution in [1.82, 2.24) is 0 Å². The fraction of sp³-hybridized carbons (Fsp3) is 0.870. The van der Waals surface area contributed by atoms with Crippen LogP contribution in [0.2, 0.25) is 0 Å². The molecule has 4 heteroatoms. The molecule has 0 aromatic rings. The summed E-state index contributed by atoms with van der Waals surface area (Å²) in [7, 11) is 0. The fourth-order valence-corrected chi connectivity index (χ4v) is 8.21. The van der Waals surface area contributed by atoms with Crippen LogP contribution in [0.5, 0.6) is 0 Å². The number of carbonyl (C=O) groups is 1. The van der Waals surface area contributed by atoms with Crippen LogP contribution in [0.15, 0.2) is 11.6 Å². The van der Waals surface area contributed by atoms with Crippen LogP contribution in [-0.4, -0.2) is 35.0 Å². The maximum Gasteiger partial charge on any atom is 0.302 e. The first-order chi connectivity index (χ1) is 12.7. The van der Waals surface area contributed by atoms with Crippen LogP contribution in [0.3, 0.4) is 0 Å². The molecule has 150 valence electrons. The zero-order valence-electron chi connectivity index (χ0n) is 17.2. The van der Waals surface area contributed by atoms with Gasteiger partial charge in [-0.05, 0) is 68.6 Å². The molecule has 1 aliphatic heterocycles. The molecule has 27 heavy (non-hydrogen) atoms. The quantitative estimate of drug-likeness (QED) is 0.451. The smallest absolute Gasteiger partial charge is 0.302 e. The lowest BCUT2D eigenvalue weighted by molar-refractivity contribution is -0.149. The highest BCUT2D eigenvalue weighted by molar-refractivity contribution is 5.66. The number of rotatable bonds is 2. The fourth-order valence-electron chi connectivity index (χ4n) is 8.21. The van der Waals surface area contributed by atoms with Crippen molar-refractivity contribution in [2.45, 2.75) is 96.6 Å². The molecule has 0 spiro atoms. The van der Waals surface area contributed by atoms with Gasteiger partial charge in [-0.15, -0.1) is 0 Å². The highest BCUT2D eigenvalue weighted by Gasteiger charge is 2.78. The minimum atomic E-state index is -0.376. The van der Waals surface area contributed by atoms with Crippen molar-refractivity contribution in [3.05, 3.63) is 11.6 Å². The van der Waals surface area contributed by atoms with Crippen LogP contribution in [0, 0.1) is 28.6 Å². The Morgan fingerprint density at radius 2 is 2.07 bits per heavy atom.